The average Bonchev–Trinajstić information content (AvgIpc) is 3.18. The molecule has 1 aliphatic heterocycles. The van der Waals surface area contributed by atoms with Crippen LogP contribution in [0.5, 0.6) is 0 Å². The highest BCUT2D eigenvalue weighted by molar-refractivity contribution is 7.91. The molecule has 1 atom stereocenters. The van der Waals surface area contributed by atoms with Gasteiger partial charge in [-0.25, -0.2) is 13.2 Å². The molecule has 1 N–H and O–H groups in total. The Hall–Kier alpha value is -1.87. The first-order valence-corrected chi connectivity index (χ1v) is 10.5. The predicted octanol–water partition coefficient (Wildman–Crippen LogP) is 1.21. The largest absolute Gasteiger partial charge is 0.338 e. The van der Waals surface area contributed by atoms with Crippen LogP contribution in [0.15, 0.2) is 29.2 Å². The number of rotatable bonds is 4. The van der Waals surface area contributed by atoms with E-state index < -0.39 is 15.9 Å². The Kier molecular flexibility index (Phi) is 4.91. The van der Waals surface area contributed by atoms with Crippen LogP contribution in [-0.4, -0.2) is 53.7 Å². The van der Waals surface area contributed by atoms with Gasteiger partial charge in [-0.15, -0.1) is 0 Å². The molecule has 3 heterocycles. The maximum Gasteiger partial charge on any atom is 0.317 e. The first kappa shape index (κ1) is 17.0. The van der Waals surface area contributed by atoms with Gasteiger partial charge in [0, 0.05) is 31.9 Å². The van der Waals surface area contributed by atoms with E-state index in [-0.39, 0.29) is 24.1 Å². The molecule has 3 rings (SSSR count). The maximum atomic E-state index is 12.5. The van der Waals surface area contributed by atoms with Crippen LogP contribution >= 0.6 is 11.3 Å². The first-order chi connectivity index (χ1) is 11.4. The van der Waals surface area contributed by atoms with E-state index in [0.29, 0.717) is 6.54 Å². The van der Waals surface area contributed by atoms with Crippen LogP contribution in [0, 0.1) is 0 Å². The Morgan fingerprint density at radius 1 is 1.50 bits per heavy atom. The lowest BCUT2D eigenvalue weighted by atomic mass is 10.1. The fourth-order valence-corrected chi connectivity index (χ4v) is 4.99. The zero-order chi connectivity index (χ0) is 17.2. The van der Waals surface area contributed by atoms with Gasteiger partial charge in [0.1, 0.15) is 0 Å². The second-order valence-corrected chi connectivity index (χ2v) is 8.89. The Labute approximate surface area is 145 Å². The smallest absolute Gasteiger partial charge is 0.317 e. The number of nitrogens with one attached hydrogen (secondary N) is 1. The number of urea groups is 1. The van der Waals surface area contributed by atoms with E-state index in [1.54, 1.807) is 40.4 Å². The van der Waals surface area contributed by atoms with Gasteiger partial charge in [-0.05, 0) is 28.8 Å². The highest BCUT2D eigenvalue weighted by Gasteiger charge is 2.35. The molecule has 1 aliphatic rings. The summed E-state index contributed by atoms with van der Waals surface area (Å²) in [6, 6.07) is 1.32. The molecule has 0 aliphatic carbocycles. The van der Waals surface area contributed by atoms with Crippen molar-refractivity contribution in [2.24, 2.45) is 7.05 Å². The van der Waals surface area contributed by atoms with Crippen LogP contribution in [0.25, 0.3) is 0 Å². The summed E-state index contributed by atoms with van der Waals surface area (Å²) < 4.78 is 25.6. The summed E-state index contributed by atoms with van der Waals surface area (Å²) in [5.74, 6) is -0.0572. The summed E-state index contributed by atoms with van der Waals surface area (Å²) in [6.45, 7) is 0.727. The minimum atomic E-state index is -3.15. The first-order valence-electron chi connectivity index (χ1n) is 7.69. The summed E-state index contributed by atoms with van der Waals surface area (Å²) in [6.07, 6.45) is 4.15. The quantitative estimate of drug-likeness (QED) is 0.879. The van der Waals surface area contributed by atoms with Gasteiger partial charge in [0.05, 0.1) is 23.7 Å². The van der Waals surface area contributed by atoms with E-state index in [1.807, 2.05) is 11.4 Å². The number of nitrogens with zero attached hydrogens (tertiary/aromatic N) is 3. The van der Waals surface area contributed by atoms with Crippen LogP contribution in [0.2, 0.25) is 0 Å². The number of amides is 2. The normalized spacial score (nSPS) is 20.0. The van der Waals surface area contributed by atoms with Gasteiger partial charge < -0.3 is 10.2 Å². The molecule has 2 aromatic rings. The minimum absolute atomic E-state index is 0.00170. The topological polar surface area (TPSA) is 84.3 Å². The third-order valence-electron chi connectivity index (χ3n) is 4.07. The van der Waals surface area contributed by atoms with Crippen molar-refractivity contribution in [1.29, 1.82) is 0 Å². The highest BCUT2D eigenvalue weighted by atomic mass is 32.2. The fourth-order valence-electron chi connectivity index (χ4n) is 2.79. The summed E-state index contributed by atoms with van der Waals surface area (Å²) in [4.78, 5) is 14.1. The van der Waals surface area contributed by atoms with Crippen molar-refractivity contribution >= 4 is 27.2 Å². The Morgan fingerprint density at radius 3 is 3.00 bits per heavy atom. The van der Waals surface area contributed by atoms with Gasteiger partial charge in [0.2, 0.25) is 0 Å². The number of hydrogen-bond donors (Lipinski definition) is 1. The fraction of sp³-hybridized carbons (Fsp3) is 0.467. The molecule has 24 heavy (non-hydrogen) atoms. The van der Waals surface area contributed by atoms with Gasteiger partial charge in [0.15, 0.2) is 9.84 Å². The average molecular weight is 368 g/mol. The molecule has 0 saturated carbocycles. The molecule has 9 heteroatoms. The Bertz CT molecular complexity index is 799. The number of hydrogen-bond acceptors (Lipinski definition) is 5. The maximum absolute atomic E-state index is 12.5. The molecule has 7 nitrogen and oxygen atoms in total. The second-order valence-electron chi connectivity index (χ2n) is 5.88. The molecule has 2 amide bonds. The van der Waals surface area contributed by atoms with Gasteiger partial charge in [0.25, 0.3) is 0 Å². The third-order valence-corrected chi connectivity index (χ3v) is 6.43. The van der Waals surface area contributed by atoms with Crippen LogP contribution < -0.4 is 5.32 Å². The number of aromatic nitrogens is 2. The van der Waals surface area contributed by atoms with Crippen LogP contribution in [0.1, 0.15) is 17.2 Å². The van der Waals surface area contributed by atoms with E-state index in [4.69, 9.17) is 0 Å². The molecule has 1 saturated heterocycles. The summed E-state index contributed by atoms with van der Waals surface area (Å²) >= 11 is 1.63. The molecule has 0 spiro atoms. The van der Waals surface area contributed by atoms with Crippen molar-refractivity contribution < 1.29 is 13.2 Å². The van der Waals surface area contributed by atoms with Crippen LogP contribution in [-0.2, 0) is 23.3 Å². The summed E-state index contributed by atoms with van der Waals surface area (Å²) in [5, 5.41) is 11.0. The monoisotopic (exact) mass is 368 g/mol. The molecule has 2 aromatic heterocycles. The van der Waals surface area contributed by atoms with Crippen molar-refractivity contribution in [3.8, 4) is 0 Å². The second kappa shape index (κ2) is 6.94. The predicted molar refractivity (Wildman–Crippen MR) is 92.7 cm³/mol. The van der Waals surface area contributed by atoms with Gasteiger partial charge in [-0.2, -0.15) is 16.4 Å². The molecule has 0 radical (unpaired) electrons. The van der Waals surface area contributed by atoms with Crippen molar-refractivity contribution in [3.63, 3.8) is 0 Å². The lowest BCUT2D eigenvalue weighted by molar-refractivity contribution is 0.181. The molecule has 130 valence electrons. The number of carbonyl (C=O) groups excluding carboxylic acids is 1. The van der Waals surface area contributed by atoms with Crippen molar-refractivity contribution in [2.45, 2.75) is 12.5 Å². The molecular formula is C15H20N4O3S2. The standard InChI is InChI=1S/C15H20N4O3S2/c1-18-9-13(8-17-18)14-11-24(21,22)7-5-19(14)15(20)16-4-2-12-3-6-23-10-12/h3,6,8-10,14H,2,4-5,7,11H2,1H3,(H,16,20). The highest BCUT2D eigenvalue weighted by Crippen LogP contribution is 2.26. The van der Waals surface area contributed by atoms with Gasteiger partial charge in [-0.3, -0.25) is 4.68 Å². The molecule has 0 aromatic carbocycles. The van der Waals surface area contributed by atoms with Gasteiger partial charge in [-0.1, -0.05) is 0 Å². The van der Waals surface area contributed by atoms with Crippen LogP contribution in [0.4, 0.5) is 4.79 Å². The molecule has 0 bridgehead atoms. The van der Waals surface area contributed by atoms with Crippen molar-refractivity contribution in [3.05, 3.63) is 40.3 Å². The van der Waals surface area contributed by atoms with E-state index in [0.717, 1.165) is 12.0 Å². The van der Waals surface area contributed by atoms with E-state index in [1.165, 1.54) is 5.56 Å². The molecule has 1 fully saturated rings. The SMILES string of the molecule is Cn1cc(C2CS(=O)(=O)CCN2C(=O)NCCc2ccsc2)cn1. The van der Waals surface area contributed by atoms with E-state index in [9.17, 15) is 13.2 Å². The number of sulfone groups is 1. The third kappa shape index (κ3) is 3.96. The lowest BCUT2D eigenvalue weighted by Crippen LogP contribution is -2.50. The number of aryl methyl sites for hydroxylation is 1. The Morgan fingerprint density at radius 2 is 2.33 bits per heavy atom. The van der Waals surface area contributed by atoms with E-state index >= 15 is 0 Å². The number of carbonyl (C=O) groups is 1. The molecule has 1 unspecified atom stereocenters. The van der Waals surface area contributed by atoms with Crippen molar-refractivity contribution in [1.82, 2.24) is 20.0 Å². The molecular weight excluding hydrogens is 348 g/mol. The Balaban J connectivity index is 1.68. The van der Waals surface area contributed by atoms with Crippen molar-refractivity contribution in [2.75, 3.05) is 24.6 Å². The van der Waals surface area contributed by atoms with Crippen LogP contribution in [0.3, 0.4) is 0 Å². The summed E-state index contributed by atoms with van der Waals surface area (Å²) in [7, 11) is -1.38. The minimum Gasteiger partial charge on any atom is -0.338 e. The zero-order valence-corrected chi connectivity index (χ0v) is 15.0. The number of thiophene rings is 1. The van der Waals surface area contributed by atoms with E-state index in [2.05, 4.69) is 15.8 Å². The zero-order valence-electron chi connectivity index (χ0n) is 13.4. The lowest BCUT2D eigenvalue weighted by Gasteiger charge is -2.35. The van der Waals surface area contributed by atoms with Gasteiger partial charge >= 0.3 is 6.03 Å². The summed E-state index contributed by atoms with van der Waals surface area (Å²) in [5.41, 5.74) is 1.93.